The van der Waals surface area contributed by atoms with Crippen molar-refractivity contribution in [1.29, 1.82) is 0 Å². The van der Waals surface area contributed by atoms with Gasteiger partial charge in [0.15, 0.2) is 5.41 Å². The molecule has 2 N–H and O–H groups in total. The SMILES string of the molecule is O=C(O)C1(C(=O)O)Cc2cccc3ccc4cccc1c4c23. The summed E-state index contributed by atoms with van der Waals surface area (Å²) < 4.78 is 0. The van der Waals surface area contributed by atoms with Crippen molar-refractivity contribution in [2.75, 3.05) is 0 Å². The first-order valence-electron chi connectivity index (χ1n) is 6.96. The van der Waals surface area contributed by atoms with Crippen molar-refractivity contribution in [3.8, 4) is 0 Å². The lowest BCUT2D eigenvalue weighted by Gasteiger charge is -2.32. The van der Waals surface area contributed by atoms with E-state index in [1.54, 1.807) is 12.1 Å². The monoisotopic (exact) mass is 292 g/mol. The minimum absolute atomic E-state index is 0.0366. The van der Waals surface area contributed by atoms with Gasteiger partial charge in [0.25, 0.3) is 0 Å². The molecular weight excluding hydrogens is 280 g/mol. The van der Waals surface area contributed by atoms with Crippen LogP contribution in [0.15, 0.2) is 48.5 Å². The zero-order valence-corrected chi connectivity index (χ0v) is 11.5. The van der Waals surface area contributed by atoms with Crippen molar-refractivity contribution in [3.05, 3.63) is 59.7 Å². The molecule has 1 aliphatic carbocycles. The predicted octanol–water partition coefficient (Wildman–Crippen LogP) is 2.96. The minimum Gasteiger partial charge on any atom is -0.480 e. The molecule has 108 valence electrons. The van der Waals surface area contributed by atoms with E-state index in [0.29, 0.717) is 5.56 Å². The molecule has 0 saturated carbocycles. The Morgan fingerprint density at radius 1 is 0.818 bits per heavy atom. The summed E-state index contributed by atoms with van der Waals surface area (Å²) in [4.78, 5) is 23.8. The highest BCUT2D eigenvalue weighted by Crippen LogP contribution is 2.44. The maximum atomic E-state index is 11.9. The largest absolute Gasteiger partial charge is 0.480 e. The second kappa shape index (κ2) is 4.07. The summed E-state index contributed by atoms with van der Waals surface area (Å²) in [5.74, 6) is -2.64. The molecule has 0 aromatic heterocycles. The van der Waals surface area contributed by atoms with Gasteiger partial charge in [-0.3, -0.25) is 9.59 Å². The fourth-order valence-electron chi connectivity index (χ4n) is 3.59. The molecule has 0 aliphatic heterocycles. The van der Waals surface area contributed by atoms with Gasteiger partial charge in [0, 0.05) is 6.42 Å². The number of rotatable bonds is 2. The Hall–Kier alpha value is -2.88. The number of hydrogen-bond donors (Lipinski definition) is 2. The van der Waals surface area contributed by atoms with Crippen molar-refractivity contribution in [3.63, 3.8) is 0 Å². The molecule has 3 aromatic carbocycles. The number of carboxylic acid groups (broad SMARTS) is 2. The molecule has 22 heavy (non-hydrogen) atoms. The Bertz CT molecular complexity index is 957. The lowest BCUT2D eigenvalue weighted by atomic mass is 9.69. The summed E-state index contributed by atoms with van der Waals surface area (Å²) in [7, 11) is 0. The normalized spacial score (nSPS) is 15.3. The van der Waals surface area contributed by atoms with E-state index in [4.69, 9.17) is 0 Å². The van der Waals surface area contributed by atoms with E-state index in [-0.39, 0.29) is 6.42 Å². The fourth-order valence-corrected chi connectivity index (χ4v) is 3.59. The molecule has 0 spiro atoms. The van der Waals surface area contributed by atoms with Crippen molar-refractivity contribution in [2.45, 2.75) is 11.8 Å². The maximum absolute atomic E-state index is 11.9. The number of hydrogen-bond acceptors (Lipinski definition) is 2. The van der Waals surface area contributed by atoms with E-state index in [1.807, 2.05) is 36.4 Å². The molecule has 0 unspecified atom stereocenters. The molecule has 0 radical (unpaired) electrons. The van der Waals surface area contributed by atoms with Gasteiger partial charge < -0.3 is 10.2 Å². The number of carbonyl (C=O) groups is 2. The molecule has 4 nitrogen and oxygen atoms in total. The van der Waals surface area contributed by atoms with E-state index in [2.05, 4.69) is 0 Å². The second-order valence-corrected chi connectivity index (χ2v) is 5.68. The van der Waals surface area contributed by atoms with E-state index >= 15 is 0 Å². The van der Waals surface area contributed by atoms with Gasteiger partial charge in [0.2, 0.25) is 0 Å². The summed E-state index contributed by atoms with van der Waals surface area (Å²) in [5, 5.41) is 23.0. The Kier molecular flexibility index (Phi) is 2.37. The molecule has 0 bridgehead atoms. The molecular formula is C18H12O4. The van der Waals surface area contributed by atoms with Crippen LogP contribution in [-0.2, 0) is 21.4 Å². The van der Waals surface area contributed by atoms with Crippen LogP contribution in [0.3, 0.4) is 0 Å². The molecule has 3 aromatic rings. The topological polar surface area (TPSA) is 74.6 Å². The first-order valence-corrected chi connectivity index (χ1v) is 6.96. The smallest absolute Gasteiger partial charge is 0.326 e. The van der Waals surface area contributed by atoms with Crippen LogP contribution in [0.4, 0.5) is 0 Å². The molecule has 4 rings (SSSR count). The Morgan fingerprint density at radius 2 is 1.41 bits per heavy atom. The third-order valence-electron chi connectivity index (χ3n) is 4.62. The van der Waals surface area contributed by atoms with Gasteiger partial charge in [0.1, 0.15) is 0 Å². The summed E-state index contributed by atoms with van der Waals surface area (Å²) in [6, 6.07) is 14.7. The summed E-state index contributed by atoms with van der Waals surface area (Å²) in [6.45, 7) is 0. The summed E-state index contributed by atoms with van der Waals surface area (Å²) in [5.41, 5.74) is -0.789. The average molecular weight is 292 g/mol. The zero-order valence-electron chi connectivity index (χ0n) is 11.5. The van der Waals surface area contributed by atoms with Crippen LogP contribution in [0.25, 0.3) is 21.5 Å². The van der Waals surface area contributed by atoms with Gasteiger partial charge >= 0.3 is 11.9 Å². The summed E-state index contributed by atoms with van der Waals surface area (Å²) >= 11 is 0. The third kappa shape index (κ3) is 1.36. The molecule has 0 heterocycles. The van der Waals surface area contributed by atoms with E-state index in [1.165, 1.54) is 0 Å². The molecule has 0 fully saturated rings. The molecule has 0 saturated heterocycles. The van der Waals surface area contributed by atoms with Gasteiger partial charge in [-0.15, -0.1) is 0 Å². The average Bonchev–Trinajstić information content (AvgIpc) is 2.51. The van der Waals surface area contributed by atoms with Gasteiger partial charge in [-0.1, -0.05) is 48.5 Å². The van der Waals surface area contributed by atoms with Gasteiger partial charge in [0.05, 0.1) is 0 Å². The maximum Gasteiger partial charge on any atom is 0.326 e. The predicted molar refractivity (Wildman–Crippen MR) is 82.1 cm³/mol. The lowest BCUT2D eigenvalue weighted by molar-refractivity contribution is -0.157. The lowest BCUT2D eigenvalue weighted by Crippen LogP contribution is -2.47. The zero-order chi connectivity index (χ0) is 15.5. The summed E-state index contributed by atoms with van der Waals surface area (Å²) in [6.07, 6.45) is -0.0366. The Morgan fingerprint density at radius 3 is 2.05 bits per heavy atom. The number of aliphatic carboxylic acids is 2. The van der Waals surface area contributed by atoms with Crippen molar-refractivity contribution in [1.82, 2.24) is 0 Å². The van der Waals surface area contributed by atoms with Crippen LogP contribution < -0.4 is 0 Å². The highest BCUT2D eigenvalue weighted by atomic mass is 16.4. The Balaban J connectivity index is 2.30. The van der Waals surface area contributed by atoms with Gasteiger partial charge in [-0.25, -0.2) is 0 Å². The third-order valence-corrected chi connectivity index (χ3v) is 4.62. The van der Waals surface area contributed by atoms with Gasteiger partial charge in [-0.2, -0.15) is 0 Å². The quantitative estimate of drug-likeness (QED) is 0.562. The van der Waals surface area contributed by atoms with E-state index in [0.717, 1.165) is 27.1 Å². The molecule has 0 amide bonds. The fraction of sp³-hybridized carbons (Fsp3) is 0.111. The van der Waals surface area contributed by atoms with Crippen molar-refractivity contribution < 1.29 is 19.8 Å². The van der Waals surface area contributed by atoms with E-state index in [9.17, 15) is 19.8 Å². The Labute approximate surface area is 125 Å². The standard InChI is InChI=1S/C18H12O4/c19-16(20)18(17(21)22)9-12-5-1-3-10-7-8-11-4-2-6-13(18)15(11)14(10)12/h1-8H,9H2,(H,19,20)(H,21,22). The second-order valence-electron chi connectivity index (χ2n) is 5.68. The van der Waals surface area contributed by atoms with Crippen LogP contribution in [0, 0.1) is 0 Å². The molecule has 0 atom stereocenters. The van der Waals surface area contributed by atoms with Crippen molar-refractivity contribution in [2.24, 2.45) is 0 Å². The van der Waals surface area contributed by atoms with Crippen LogP contribution in [0.2, 0.25) is 0 Å². The molecule has 4 heteroatoms. The number of carboxylic acids is 2. The highest BCUT2D eigenvalue weighted by molar-refractivity contribution is 6.18. The first-order chi connectivity index (χ1) is 10.6. The van der Waals surface area contributed by atoms with Crippen LogP contribution in [0.1, 0.15) is 11.1 Å². The first kappa shape index (κ1) is 12.8. The minimum atomic E-state index is -1.93. The van der Waals surface area contributed by atoms with Crippen LogP contribution >= 0.6 is 0 Å². The molecule has 1 aliphatic rings. The van der Waals surface area contributed by atoms with E-state index < -0.39 is 17.4 Å². The highest BCUT2D eigenvalue weighted by Gasteiger charge is 2.51. The van der Waals surface area contributed by atoms with Crippen LogP contribution in [-0.4, -0.2) is 22.2 Å². The van der Waals surface area contributed by atoms with Gasteiger partial charge in [-0.05, 0) is 32.7 Å². The number of benzene rings is 3. The van der Waals surface area contributed by atoms with Crippen LogP contribution in [0.5, 0.6) is 0 Å². The van der Waals surface area contributed by atoms with Crippen molar-refractivity contribution >= 4 is 33.5 Å².